The predicted octanol–water partition coefficient (Wildman–Crippen LogP) is 5.04. The molecule has 1 saturated carbocycles. The van der Waals surface area contributed by atoms with Crippen molar-refractivity contribution in [3.63, 3.8) is 0 Å². The number of anilines is 1. The molecule has 4 amide bonds. The zero-order chi connectivity index (χ0) is 21.4. The minimum absolute atomic E-state index is 0.0404. The lowest BCUT2D eigenvalue weighted by atomic mass is 9.95. The summed E-state index contributed by atoms with van der Waals surface area (Å²) < 4.78 is 3.16. The number of benzene rings is 1. The molecular weight excluding hydrogens is 446 g/mol. The summed E-state index contributed by atoms with van der Waals surface area (Å²) in [6.45, 7) is 4.08. The molecule has 0 radical (unpaired) electrons. The molecule has 1 aliphatic carbocycles. The highest BCUT2D eigenvalue weighted by Crippen LogP contribution is 2.33. The Morgan fingerprint density at radius 3 is 2.37 bits per heavy atom. The number of carbonyl (C=O) groups is 3. The van der Waals surface area contributed by atoms with Crippen LogP contribution in [-0.2, 0) is 9.59 Å². The van der Waals surface area contributed by atoms with Gasteiger partial charge in [-0.3, -0.25) is 14.9 Å². The highest BCUT2D eigenvalue weighted by Gasteiger charge is 2.37. The van der Waals surface area contributed by atoms with Crippen molar-refractivity contribution in [2.24, 2.45) is 0 Å². The fraction of sp³-hybridized carbons (Fsp3) is 0.348. The number of rotatable bonds is 3. The van der Waals surface area contributed by atoms with E-state index in [0.29, 0.717) is 11.7 Å². The minimum Gasteiger partial charge on any atom is -0.346 e. The molecule has 4 rings (SSSR count). The van der Waals surface area contributed by atoms with E-state index in [4.69, 9.17) is 0 Å². The molecule has 0 spiro atoms. The molecule has 2 aliphatic rings. The predicted molar refractivity (Wildman–Crippen MR) is 119 cm³/mol. The van der Waals surface area contributed by atoms with E-state index in [1.165, 1.54) is 19.3 Å². The van der Waals surface area contributed by atoms with E-state index in [0.717, 1.165) is 39.2 Å². The van der Waals surface area contributed by atoms with Gasteiger partial charge >= 0.3 is 6.03 Å². The number of nitrogens with one attached hydrogen (secondary N) is 1. The maximum atomic E-state index is 13.1. The number of nitrogens with zero attached hydrogens (tertiary/aromatic N) is 2. The highest BCUT2D eigenvalue weighted by atomic mass is 79.9. The van der Waals surface area contributed by atoms with Crippen molar-refractivity contribution < 1.29 is 14.4 Å². The average Bonchev–Trinajstić information content (AvgIpc) is 3.00. The molecule has 1 saturated heterocycles. The third-order valence-corrected chi connectivity index (χ3v) is 6.48. The molecule has 2 heterocycles. The molecule has 1 N–H and O–H groups in total. The molecule has 156 valence electrons. The van der Waals surface area contributed by atoms with Gasteiger partial charge in [-0.05, 0) is 68.7 Å². The first-order chi connectivity index (χ1) is 14.4. The minimum atomic E-state index is -0.739. The second-order valence-corrected chi connectivity index (χ2v) is 8.84. The Morgan fingerprint density at radius 1 is 1.03 bits per heavy atom. The molecule has 1 aromatic carbocycles. The zero-order valence-corrected chi connectivity index (χ0v) is 18.7. The fourth-order valence-corrected chi connectivity index (χ4v) is 4.75. The summed E-state index contributed by atoms with van der Waals surface area (Å²) in [7, 11) is 0. The molecule has 1 aromatic heterocycles. The Morgan fingerprint density at radius 2 is 1.70 bits per heavy atom. The number of imide groups is 2. The van der Waals surface area contributed by atoms with Crippen LogP contribution >= 0.6 is 15.9 Å². The van der Waals surface area contributed by atoms with Gasteiger partial charge in [-0.1, -0.05) is 35.2 Å². The number of halogens is 1. The summed E-state index contributed by atoms with van der Waals surface area (Å²) in [4.78, 5) is 39.0. The number of aromatic nitrogens is 1. The van der Waals surface area contributed by atoms with E-state index in [9.17, 15) is 14.4 Å². The van der Waals surface area contributed by atoms with E-state index < -0.39 is 17.8 Å². The second kappa shape index (κ2) is 8.22. The van der Waals surface area contributed by atoms with Gasteiger partial charge in [0.15, 0.2) is 0 Å². The zero-order valence-electron chi connectivity index (χ0n) is 17.1. The number of hydrogen-bond donors (Lipinski definition) is 1. The van der Waals surface area contributed by atoms with Crippen molar-refractivity contribution in [2.75, 3.05) is 4.90 Å². The van der Waals surface area contributed by atoms with Crippen LogP contribution in [0.2, 0.25) is 0 Å². The van der Waals surface area contributed by atoms with Gasteiger partial charge in [0.25, 0.3) is 11.8 Å². The standard InChI is InChI=1S/C23H24BrN3O3/c1-14-12-16(15(2)26(14)18-6-4-3-5-7-18)13-20-21(28)25-23(30)27(22(20)29)19-10-8-17(24)9-11-19/h8-13,18H,3-7H2,1-2H3,(H,25,28,30)/b20-13+. The number of carbonyl (C=O) groups excluding carboxylic acids is 3. The Bertz CT molecular complexity index is 1050. The van der Waals surface area contributed by atoms with Gasteiger partial charge in [0, 0.05) is 21.9 Å². The monoisotopic (exact) mass is 469 g/mol. The number of aryl methyl sites for hydroxylation is 1. The third kappa shape index (κ3) is 3.74. The van der Waals surface area contributed by atoms with E-state index in [1.807, 2.05) is 13.0 Å². The Balaban J connectivity index is 1.70. The molecular formula is C23H24BrN3O3. The van der Waals surface area contributed by atoms with Crippen molar-refractivity contribution in [1.82, 2.24) is 9.88 Å². The number of urea groups is 1. The van der Waals surface area contributed by atoms with Crippen LogP contribution in [0.1, 0.15) is 55.1 Å². The molecule has 7 heteroatoms. The number of barbiturate groups is 1. The van der Waals surface area contributed by atoms with Crippen LogP contribution in [-0.4, -0.2) is 22.4 Å². The van der Waals surface area contributed by atoms with Crippen LogP contribution in [0.5, 0.6) is 0 Å². The first-order valence-electron chi connectivity index (χ1n) is 10.2. The molecule has 0 atom stereocenters. The van der Waals surface area contributed by atoms with Crippen molar-refractivity contribution >= 4 is 45.5 Å². The highest BCUT2D eigenvalue weighted by molar-refractivity contribution is 9.10. The van der Waals surface area contributed by atoms with E-state index >= 15 is 0 Å². The van der Waals surface area contributed by atoms with Gasteiger partial charge in [-0.2, -0.15) is 0 Å². The fourth-order valence-electron chi connectivity index (χ4n) is 4.49. The Hall–Kier alpha value is -2.67. The van der Waals surface area contributed by atoms with Gasteiger partial charge in [0.1, 0.15) is 5.57 Å². The largest absolute Gasteiger partial charge is 0.346 e. The lowest BCUT2D eigenvalue weighted by Crippen LogP contribution is -2.54. The second-order valence-electron chi connectivity index (χ2n) is 7.92. The van der Waals surface area contributed by atoms with Crippen LogP contribution in [0.3, 0.4) is 0 Å². The summed E-state index contributed by atoms with van der Waals surface area (Å²) in [5.74, 6) is -1.28. The Labute approximate surface area is 184 Å². The molecule has 30 heavy (non-hydrogen) atoms. The van der Waals surface area contributed by atoms with Crippen molar-refractivity contribution in [3.8, 4) is 0 Å². The maximum Gasteiger partial charge on any atom is 0.335 e. The van der Waals surface area contributed by atoms with Gasteiger partial charge in [0.05, 0.1) is 5.69 Å². The quantitative estimate of drug-likeness (QED) is 0.505. The summed E-state index contributed by atoms with van der Waals surface area (Å²) in [5, 5.41) is 2.29. The van der Waals surface area contributed by atoms with Crippen LogP contribution in [0.4, 0.5) is 10.5 Å². The molecule has 2 fully saturated rings. The first-order valence-corrected chi connectivity index (χ1v) is 11.0. The summed E-state index contributed by atoms with van der Waals surface area (Å²) in [5.41, 5.74) is 3.37. The van der Waals surface area contributed by atoms with Crippen molar-refractivity contribution in [3.05, 3.63) is 57.3 Å². The molecule has 2 aromatic rings. The van der Waals surface area contributed by atoms with Crippen LogP contribution in [0, 0.1) is 13.8 Å². The Kier molecular flexibility index (Phi) is 5.64. The van der Waals surface area contributed by atoms with E-state index in [-0.39, 0.29) is 5.57 Å². The smallest absolute Gasteiger partial charge is 0.335 e. The van der Waals surface area contributed by atoms with Gasteiger partial charge in [-0.25, -0.2) is 9.69 Å². The van der Waals surface area contributed by atoms with Crippen molar-refractivity contribution in [2.45, 2.75) is 52.0 Å². The van der Waals surface area contributed by atoms with E-state index in [2.05, 4.69) is 32.7 Å². The van der Waals surface area contributed by atoms with Crippen LogP contribution < -0.4 is 10.2 Å². The summed E-state index contributed by atoms with van der Waals surface area (Å²) in [6, 6.07) is 8.53. The van der Waals surface area contributed by atoms with Gasteiger partial charge in [-0.15, -0.1) is 0 Å². The first kappa shape index (κ1) is 20.6. The van der Waals surface area contributed by atoms with Gasteiger partial charge < -0.3 is 4.57 Å². The van der Waals surface area contributed by atoms with Gasteiger partial charge in [0.2, 0.25) is 0 Å². The molecule has 6 nitrogen and oxygen atoms in total. The SMILES string of the molecule is Cc1cc(/C=C2\C(=O)NC(=O)N(c3ccc(Br)cc3)C2=O)c(C)n1C1CCCCC1. The van der Waals surface area contributed by atoms with E-state index in [1.54, 1.807) is 30.3 Å². The maximum absolute atomic E-state index is 13.1. The normalized spacial score (nSPS) is 19.5. The molecule has 0 bridgehead atoms. The third-order valence-electron chi connectivity index (χ3n) is 5.95. The molecule has 0 unspecified atom stereocenters. The average molecular weight is 470 g/mol. The summed E-state index contributed by atoms with van der Waals surface area (Å²) >= 11 is 3.34. The lowest BCUT2D eigenvalue weighted by Gasteiger charge is -2.27. The summed E-state index contributed by atoms with van der Waals surface area (Å²) in [6.07, 6.45) is 7.64. The molecule has 1 aliphatic heterocycles. The lowest BCUT2D eigenvalue weighted by molar-refractivity contribution is -0.122. The van der Waals surface area contributed by atoms with Crippen LogP contribution in [0.15, 0.2) is 40.4 Å². The van der Waals surface area contributed by atoms with Crippen LogP contribution in [0.25, 0.3) is 6.08 Å². The topological polar surface area (TPSA) is 71.4 Å². The number of amides is 4. The van der Waals surface area contributed by atoms with Crippen molar-refractivity contribution in [1.29, 1.82) is 0 Å². The number of hydrogen-bond acceptors (Lipinski definition) is 3.